The number of benzene rings is 1. The second-order valence-electron chi connectivity index (χ2n) is 10.6. The van der Waals surface area contributed by atoms with E-state index in [1.165, 1.54) is 50.5 Å². The van der Waals surface area contributed by atoms with E-state index in [0.717, 1.165) is 24.7 Å². The smallest absolute Gasteiger partial charge is 0.0546 e. The molecule has 0 aliphatic heterocycles. The van der Waals surface area contributed by atoms with Gasteiger partial charge in [-0.3, -0.25) is 0 Å². The van der Waals surface area contributed by atoms with Gasteiger partial charge in [-0.15, -0.1) is 0 Å². The van der Waals surface area contributed by atoms with E-state index in [2.05, 4.69) is 56.3 Å². The van der Waals surface area contributed by atoms with Gasteiger partial charge in [0.1, 0.15) is 0 Å². The number of allylic oxidation sites excluding steroid dienone is 4. The molecule has 0 heterocycles. The molecule has 0 aromatic heterocycles. The van der Waals surface area contributed by atoms with E-state index in [9.17, 15) is 5.11 Å². The Morgan fingerprint density at radius 1 is 1.04 bits per heavy atom. The van der Waals surface area contributed by atoms with Gasteiger partial charge >= 0.3 is 0 Å². The summed E-state index contributed by atoms with van der Waals surface area (Å²) in [6, 6.07) is 11.0. The third-order valence-corrected chi connectivity index (χ3v) is 9.33. The maximum Gasteiger partial charge on any atom is 0.0546 e. The van der Waals surface area contributed by atoms with Crippen LogP contribution in [-0.2, 0) is 6.42 Å². The van der Waals surface area contributed by atoms with E-state index in [4.69, 9.17) is 0 Å². The van der Waals surface area contributed by atoms with Crippen LogP contribution in [0.25, 0.3) is 0 Å². The topological polar surface area (TPSA) is 20.2 Å². The summed E-state index contributed by atoms with van der Waals surface area (Å²) in [5.74, 6) is 2.14. The summed E-state index contributed by atoms with van der Waals surface area (Å²) in [6.07, 6.45) is 16.0. The lowest BCUT2D eigenvalue weighted by molar-refractivity contribution is -0.00206. The van der Waals surface area contributed by atoms with E-state index in [1.54, 1.807) is 5.57 Å². The molecule has 0 saturated heterocycles. The summed E-state index contributed by atoms with van der Waals surface area (Å²) in [5.41, 5.74) is 5.81. The fraction of sp³-hybridized carbons (Fsp3) is 0.630. The molecule has 0 radical (unpaired) electrons. The van der Waals surface area contributed by atoms with Crippen molar-refractivity contribution in [2.45, 2.75) is 77.7 Å². The largest absolute Gasteiger partial charge is 0.393 e. The fourth-order valence-corrected chi connectivity index (χ4v) is 7.45. The van der Waals surface area contributed by atoms with Crippen molar-refractivity contribution in [3.63, 3.8) is 0 Å². The van der Waals surface area contributed by atoms with Gasteiger partial charge in [0.25, 0.3) is 0 Å². The quantitative estimate of drug-likeness (QED) is 0.640. The Balaban J connectivity index is 1.41. The van der Waals surface area contributed by atoms with Crippen LogP contribution >= 0.6 is 0 Å². The first-order valence-electron chi connectivity index (χ1n) is 11.6. The van der Waals surface area contributed by atoms with Gasteiger partial charge in [0, 0.05) is 0 Å². The number of fused-ring (bicyclic) bond motifs is 4. The maximum atomic E-state index is 10.2. The number of hydrogen-bond acceptors (Lipinski definition) is 1. The average Bonchev–Trinajstić information content (AvgIpc) is 3.04. The van der Waals surface area contributed by atoms with Crippen molar-refractivity contribution in [3.8, 4) is 0 Å². The molecule has 150 valence electrons. The predicted molar refractivity (Wildman–Crippen MR) is 116 cm³/mol. The third-order valence-electron chi connectivity index (χ3n) is 9.33. The number of aliphatic hydroxyl groups is 1. The van der Waals surface area contributed by atoms with Gasteiger partial charge in [-0.25, -0.2) is 0 Å². The third kappa shape index (κ3) is 2.84. The van der Waals surface area contributed by atoms with Crippen LogP contribution in [0.1, 0.15) is 70.8 Å². The standard InChI is InChI=1S/C27H36O/c1-26-17-15-25-23(12-10-21-18-22(28)14-16-27(21,25)2)24(26)13-11-20(26)9-8-19-6-4-3-5-7-19/h3-7,10,12,20-22,25,28H,8-9,11,13-18H2,1-2H3/t20-,21?,22?,25-,26+,27-/m0/s1. The summed E-state index contributed by atoms with van der Waals surface area (Å²) in [5, 5.41) is 10.2. The highest BCUT2D eigenvalue weighted by Gasteiger charge is 2.53. The number of aliphatic hydroxyl groups excluding tert-OH is 1. The van der Waals surface area contributed by atoms with Crippen LogP contribution in [0.4, 0.5) is 0 Å². The van der Waals surface area contributed by atoms with Gasteiger partial charge in [-0.2, -0.15) is 0 Å². The average molecular weight is 377 g/mol. The molecule has 2 unspecified atom stereocenters. The van der Waals surface area contributed by atoms with Crippen molar-refractivity contribution in [2.75, 3.05) is 0 Å². The molecule has 2 saturated carbocycles. The zero-order valence-electron chi connectivity index (χ0n) is 17.7. The summed E-state index contributed by atoms with van der Waals surface area (Å²) in [4.78, 5) is 0. The van der Waals surface area contributed by atoms with Crippen LogP contribution in [0.2, 0.25) is 0 Å². The molecule has 4 aliphatic rings. The van der Waals surface area contributed by atoms with Crippen LogP contribution in [0.5, 0.6) is 0 Å². The van der Waals surface area contributed by atoms with Crippen LogP contribution in [0.15, 0.2) is 53.6 Å². The van der Waals surface area contributed by atoms with Crippen LogP contribution in [-0.4, -0.2) is 11.2 Å². The highest BCUT2D eigenvalue weighted by atomic mass is 16.3. The minimum atomic E-state index is -0.0837. The zero-order valence-corrected chi connectivity index (χ0v) is 17.7. The highest BCUT2D eigenvalue weighted by Crippen LogP contribution is 2.63. The Bertz CT molecular complexity index is 790. The second kappa shape index (κ2) is 6.87. The zero-order chi connectivity index (χ0) is 19.4. The van der Waals surface area contributed by atoms with Crippen LogP contribution in [0, 0.1) is 28.6 Å². The van der Waals surface area contributed by atoms with Crippen molar-refractivity contribution in [2.24, 2.45) is 28.6 Å². The van der Waals surface area contributed by atoms with Gasteiger partial charge in [-0.05, 0) is 97.5 Å². The fourth-order valence-electron chi connectivity index (χ4n) is 7.45. The number of rotatable bonds is 3. The van der Waals surface area contributed by atoms with Gasteiger partial charge in [0.15, 0.2) is 0 Å². The van der Waals surface area contributed by atoms with Crippen molar-refractivity contribution in [3.05, 3.63) is 59.2 Å². The van der Waals surface area contributed by atoms with Crippen LogP contribution in [0.3, 0.4) is 0 Å². The number of hydrogen-bond donors (Lipinski definition) is 1. The molecule has 5 rings (SSSR count). The van der Waals surface area contributed by atoms with Crippen molar-refractivity contribution in [1.82, 2.24) is 0 Å². The molecule has 2 fully saturated rings. The molecular weight excluding hydrogens is 340 g/mol. The van der Waals surface area contributed by atoms with E-state index in [1.807, 2.05) is 5.57 Å². The molecule has 28 heavy (non-hydrogen) atoms. The molecule has 6 atom stereocenters. The second-order valence-corrected chi connectivity index (χ2v) is 10.6. The molecular formula is C27H36O. The lowest BCUT2D eigenvalue weighted by Gasteiger charge is -2.54. The van der Waals surface area contributed by atoms with E-state index in [0.29, 0.717) is 16.7 Å². The molecule has 1 N–H and O–H groups in total. The van der Waals surface area contributed by atoms with Crippen molar-refractivity contribution < 1.29 is 5.11 Å². The van der Waals surface area contributed by atoms with Gasteiger partial charge in [-0.1, -0.05) is 61.9 Å². The van der Waals surface area contributed by atoms with E-state index >= 15 is 0 Å². The minimum Gasteiger partial charge on any atom is -0.393 e. The molecule has 4 aliphatic carbocycles. The summed E-state index contributed by atoms with van der Waals surface area (Å²) >= 11 is 0. The number of aryl methyl sites for hydroxylation is 1. The Morgan fingerprint density at radius 3 is 2.68 bits per heavy atom. The molecule has 1 aromatic rings. The first-order chi connectivity index (χ1) is 13.5. The van der Waals surface area contributed by atoms with Crippen molar-refractivity contribution in [1.29, 1.82) is 0 Å². The van der Waals surface area contributed by atoms with Gasteiger partial charge in [0.05, 0.1) is 6.10 Å². The summed E-state index contributed by atoms with van der Waals surface area (Å²) in [7, 11) is 0. The molecule has 0 bridgehead atoms. The molecule has 0 amide bonds. The SMILES string of the molecule is C[C@]12CC[C@H]3C(=C1CC[C@@H]2CCc1ccccc1)C=CC1CC(O)CC[C@@]13C. The Labute approximate surface area is 170 Å². The summed E-state index contributed by atoms with van der Waals surface area (Å²) in [6.45, 7) is 5.11. The first kappa shape index (κ1) is 18.7. The van der Waals surface area contributed by atoms with Gasteiger partial charge < -0.3 is 5.11 Å². The molecule has 1 heteroatoms. The molecule has 0 spiro atoms. The minimum absolute atomic E-state index is 0.0837. The predicted octanol–water partition coefficient (Wildman–Crippen LogP) is 6.48. The lowest BCUT2D eigenvalue weighted by atomic mass is 9.51. The molecule has 1 nitrogen and oxygen atoms in total. The first-order valence-corrected chi connectivity index (χ1v) is 11.6. The maximum absolute atomic E-state index is 10.2. The normalized spacial score (nSPS) is 42.1. The van der Waals surface area contributed by atoms with E-state index < -0.39 is 0 Å². The Morgan fingerprint density at radius 2 is 1.86 bits per heavy atom. The monoisotopic (exact) mass is 376 g/mol. The lowest BCUT2D eigenvalue weighted by Crippen LogP contribution is -2.46. The van der Waals surface area contributed by atoms with E-state index in [-0.39, 0.29) is 6.10 Å². The molecule has 1 aromatic carbocycles. The summed E-state index contributed by atoms with van der Waals surface area (Å²) < 4.78 is 0. The Hall–Kier alpha value is -1.34. The van der Waals surface area contributed by atoms with Crippen molar-refractivity contribution >= 4 is 0 Å². The van der Waals surface area contributed by atoms with Gasteiger partial charge in [0.2, 0.25) is 0 Å². The van der Waals surface area contributed by atoms with Crippen LogP contribution < -0.4 is 0 Å². The Kier molecular flexibility index (Phi) is 4.58. The highest BCUT2D eigenvalue weighted by molar-refractivity contribution is 5.42.